The molecule has 2 aromatic rings. The molecule has 0 amide bonds. The van der Waals surface area contributed by atoms with E-state index in [-0.39, 0.29) is 11.5 Å². The first-order valence-electron chi connectivity index (χ1n) is 6.77. The number of aromatic nitrogens is 2. The van der Waals surface area contributed by atoms with E-state index in [1.165, 1.54) is 19.4 Å². The Labute approximate surface area is 129 Å². The minimum atomic E-state index is -0.134. The Morgan fingerprint density at radius 3 is 2.86 bits per heavy atom. The Kier molecular flexibility index (Phi) is 4.78. The van der Waals surface area contributed by atoms with E-state index in [1.807, 2.05) is 0 Å². The maximum atomic E-state index is 12.0. The van der Waals surface area contributed by atoms with Crippen molar-refractivity contribution in [2.24, 2.45) is 7.05 Å². The Balaban J connectivity index is 2.28. The molecule has 1 aromatic carbocycles. The number of allylic oxidation sites excluding steroid dienone is 2. The smallest absolute Gasteiger partial charge is 0.189 e. The molecule has 0 fully saturated rings. The second-order valence-corrected chi connectivity index (χ2v) is 4.82. The van der Waals surface area contributed by atoms with Crippen LogP contribution in [-0.4, -0.2) is 27.8 Å². The van der Waals surface area contributed by atoms with Gasteiger partial charge in [0.15, 0.2) is 17.3 Å². The molecule has 1 aromatic heterocycles. The molecule has 0 unspecified atom stereocenters. The summed E-state index contributed by atoms with van der Waals surface area (Å²) in [6, 6.07) is 3.47. The highest BCUT2D eigenvalue weighted by atomic mass is 16.5. The van der Waals surface area contributed by atoms with Gasteiger partial charge in [0.1, 0.15) is 0 Å². The molecule has 1 N–H and O–H groups in total. The average Bonchev–Trinajstić information content (AvgIpc) is 2.94. The number of aromatic hydroxyl groups is 1. The van der Waals surface area contributed by atoms with Gasteiger partial charge in [0.2, 0.25) is 0 Å². The first-order valence-corrected chi connectivity index (χ1v) is 6.77. The van der Waals surface area contributed by atoms with Gasteiger partial charge in [0.25, 0.3) is 0 Å². The molecule has 0 spiro atoms. The van der Waals surface area contributed by atoms with Crippen LogP contribution in [0, 0.1) is 0 Å². The van der Waals surface area contributed by atoms with Crippen molar-refractivity contribution >= 4 is 11.9 Å². The topological polar surface area (TPSA) is 64.4 Å². The zero-order valence-electron chi connectivity index (χ0n) is 12.6. The molecular weight excluding hydrogens is 280 g/mol. The predicted molar refractivity (Wildman–Crippen MR) is 85.1 cm³/mol. The van der Waals surface area contributed by atoms with Crippen LogP contribution in [0.1, 0.15) is 21.5 Å². The number of aryl methyl sites for hydroxylation is 1. The maximum Gasteiger partial charge on any atom is 0.189 e. The molecule has 2 rings (SSSR count). The summed E-state index contributed by atoms with van der Waals surface area (Å²) in [6.07, 6.45) is 8.55. The molecule has 114 valence electrons. The largest absolute Gasteiger partial charge is 0.504 e. The molecule has 0 bridgehead atoms. The Hall–Kier alpha value is -2.82. The first kappa shape index (κ1) is 15.6. The maximum absolute atomic E-state index is 12.0. The zero-order valence-corrected chi connectivity index (χ0v) is 12.6. The van der Waals surface area contributed by atoms with Crippen LogP contribution in [0.5, 0.6) is 11.5 Å². The van der Waals surface area contributed by atoms with E-state index < -0.39 is 0 Å². The quantitative estimate of drug-likeness (QED) is 0.506. The van der Waals surface area contributed by atoms with Crippen molar-refractivity contribution in [1.29, 1.82) is 0 Å². The van der Waals surface area contributed by atoms with Crippen molar-refractivity contribution in [3.63, 3.8) is 0 Å². The summed E-state index contributed by atoms with van der Waals surface area (Å²) in [7, 11) is 3.24. The molecule has 0 aliphatic rings. The normalized spacial score (nSPS) is 10.8. The van der Waals surface area contributed by atoms with Gasteiger partial charge in [-0.1, -0.05) is 12.2 Å². The summed E-state index contributed by atoms with van der Waals surface area (Å²) in [4.78, 5) is 12.0. The number of nitrogens with zero attached hydrogens (tertiary/aromatic N) is 2. The number of carbonyl (C=O) groups excluding carboxylic acids is 1. The standard InChI is InChI=1S/C17H18N2O3/c1-4-5-13-8-12(9-16(22-3)17(13)21)6-7-15(20)14-10-18-19(2)11-14/h4,6-11,21H,1,5H2,2-3H3. The molecule has 5 nitrogen and oxygen atoms in total. The lowest BCUT2D eigenvalue weighted by Crippen LogP contribution is -1.93. The Morgan fingerprint density at radius 1 is 1.50 bits per heavy atom. The summed E-state index contributed by atoms with van der Waals surface area (Å²) in [6.45, 7) is 3.67. The number of ether oxygens (including phenoxy) is 1. The first-order chi connectivity index (χ1) is 10.5. The van der Waals surface area contributed by atoms with Gasteiger partial charge in [-0.15, -0.1) is 6.58 Å². The minimum absolute atomic E-state index is 0.0955. The van der Waals surface area contributed by atoms with Crippen LogP contribution in [-0.2, 0) is 13.5 Å². The highest BCUT2D eigenvalue weighted by molar-refractivity contribution is 6.06. The average molecular weight is 298 g/mol. The van der Waals surface area contributed by atoms with Gasteiger partial charge in [-0.2, -0.15) is 5.10 Å². The van der Waals surface area contributed by atoms with Gasteiger partial charge >= 0.3 is 0 Å². The third kappa shape index (κ3) is 3.44. The summed E-state index contributed by atoms with van der Waals surface area (Å²) in [5.41, 5.74) is 1.99. The van der Waals surface area contributed by atoms with Crippen LogP contribution in [0.25, 0.3) is 6.08 Å². The van der Waals surface area contributed by atoms with Crippen LogP contribution >= 0.6 is 0 Å². The van der Waals surface area contributed by atoms with Crippen molar-refractivity contribution < 1.29 is 14.6 Å². The van der Waals surface area contributed by atoms with E-state index in [0.29, 0.717) is 23.3 Å². The minimum Gasteiger partial charge on any atom is -0.504 e. The fourth-order valence-corrected chi connectivity index (χ4v) is 2.07. The van der Waals surface area contributed by atoms with Crippen molar-refractivity contribution in [2.45, 2.75) is 6.42 Å². The van der Waals surface area contributed by atoms with Crippen molar-refractivity contribution in [2.75, 3.05) is 7.11 Å². The summed E-state index contributed by atoms with van der Waals surface area (Å²) in [5, 5.41) is 14.0. The number of methoxy groups -OCH3 is 1. The monoisotopic (exact) mass is 298 g/mol. The molecule has 5 heteroatoms. The van der Waals surface area contributed by atoms with E-state index in [0.717, 1.165) is 5.56 Å². The fraction of sp³-hybridized carbons (Fsp3) is 0.176. The lowest BCUT2D eigenvalue weighted by Gasteiger charge is -2.09. The van der Waals surface area contributed by atoms with Gasteiger partial charge in [0.05, 0.1) is 18.9 Å². The number of ketones is 1. The van der Waals surface area contributed by atoms with E-state index >= 15 is 0 Å². The number of benzene rings is 1. The number of hydrogen-bond acceptors (Lipinski definition) is 4. The van der Waals surface area contributed by atoms with Crippen molar-refractivity contribution in [3.05, 3.63) is 59.9 Å². The van der Waals surface area contributed by atoms with Crippen molar-refractivity contribution in [3.8, 4) is 11.5 Å². The van der Waals surface area contributed by atoms with Gasteiger partial charge in [0, 0.05) is 18.8 Å². The summed E-state index contributed by atoms with van der Waals surface area (Å²) < 4.78 is 6.73. The molecule has 0 saturated carbocycles. The van der Waals surface area contributed by atoms with E-state index in [1.54, 1.807) is 42.2 Å². The summed E-state index contributed by atoms with van der Waals surface area (Å²) in [5.74, 6) is 0.330. The van der Waals surface area contributed by atoms with Crippen molar-refractivity contribution in [1.82, 2.24) is 9.78 Å². The molecule has 22 heavy (non-hydrogen) atoms. The van der Waals surface area contributed by atoms with Gasteiger partial charge < -0.3 is 9.84 Å². The number of rotatable bonds is 6. The molecule has 1 heterocycles. The molecule has 0 radical (unpaired) electrons. The third-order valence-corrected chi connectivity index (χ3v) is 3.18. The van der Waals surface area contributed by atoms with E-state index in [2.05, 4.69) is 11.7 Å². The van der Waals surface area contributed by atoms with Crippen LogP contribution in [0.2, 0.25) is 0 Å². The van der Waals surface area contributed by atoms with Crippen LogP contribution in [0.15, 0.2) is 43.3 Å². The number of phenols is 1. The Bertz CT molecular complexity index is 730. The predicted octanol–water partition coefficient (Wildman–Crippen LogP) is 2.76. The molecule has 0 aliphatic carbocycles. The van der Waals surface area contributed by atoms with Crippen LogP contribution in [0.4, 0.5) is 0 Å². The summed E-state index contributed by atoms with van der Waals surface area (Å²) >= 11 is 0. The third-order valence-electron chi connectivity index (χ3n) is 3.18. The lowest BCUT2D eigenvalue weighted by molar-refractivity contribution is 0.104. The second kappa shape index (κ2) is 6.76. The fourth-order valence-electron chi connectivity index (χ4n) is 2.07. The molecule has 0 atom stereocenters. The van der Waals surface area contributed by atoms with Gasteiger partial charge in [-0.05, 0) is 30.2 Å². The number of carbonyl (C=O) groups is 1. The second-order valence-electron chi connectivity index (χ2n) is 4.82. The highest BCUT2D eigenvalue weighted by Crippen LogP contribution is 2.32. The van der Waals surface area contributed by atoms with E-state index in [9.17, 15) is 9.90 Å². The highest BCUT2D eigenvalue weighted by Gasteiger charge is 2.09. The van der Waals surface area contributed by atoms with Crippen LogP contribution in [0.3, 0.4) is 0 Å². The van der Waals surface area contributed by atoms with E-state index in [4.69, 9.17) is 4.74 Å². The van der Waals surface area contributed by atoms with Crippen LogP contribution < -0.4 is 4.74 Å². The number of phenolic OH excluding ortho intramolecular Hbond substituents is 1. The zero-order chi connectivity index (χ0) is 16.1. The Morgan fingerprint density at radius 2 is 2.27 bits per heavy atom. The number of hydrogen-bond donors (Lipinski definition) is 1. The van der Waals surface area contributed by atoms with Gasteiger partial charge in [-0.25, -0.2) is 0 Å². The molecule has 0 saturated heterocycles. The lowest BCUT2D eigenvalue weighted by atomic mass is 10.0. The molecule has 0 aliphatic heterocycles. The SMILES string of the molecule is C=CCc1cc(C=CC(=O)c2cnn(C)c2)cc(OC)c1O. The van der Waals surface area contributed by atoms with Gasteiger partial charge in [-0.3, -0.25) is 9.48 Å². The molecular formula is C17H18N2O3.